The van der Waals surface area contributed by atoms with Crippen molar-refractivity contribution in [1.82, 2.24) is 15.5 Å². The van der Waals surface area contributed by atoms with Crippen LogP contribution in [0, 0.1) is 0 Å². The first-order valence-corrected chi connectivity index (χ1v) is 10.3. The van der Waals surface area contributed by atoms with Gasteiger partial charge < -0.3 is 25.2 Å². The lowest BCUT2D eigenvalue weighted by atomic mass is 10.2. The Bertz CT molecular complexity index is 867. The van der Waals surface area contributed by atoms with Crippen LogP contribution in [0.5, 0.6) is 5.75 Å². The Balaban J connectivity index is 1.43. The number of nitrogens with zero attached hydrogens (tertiary/aromatic N) is 2. The molecule has 0 bridgehead atoms. The lowest BCUT2D eigenvalue weighted by Gasteiger charge is -2.36. The van der Waals surface area contributed by atoms with E-state index in [0.29, 0.717) is 37.7 Å². The number of hydrogen-bond acceptors (Lipinski definition) is 4. The van der Waals surface area contributed by atoms with E-state index in [9.17, 15) is 9.59 Å². The summed E-state index contributed by atoms with van der Waals surface area (Å²) in [6.45, 7) is 4.67. The highest BCUT2D eigenvalue weighted by Gasteiger charge is 2.24. The molecule has 0 spiro atoms. The summed E-state index contributed by atoms with van der Waals surface area (Å²) in [6, 6.07) is 14.3. The van der Waals surface area contributed by atoms with E-state index in [1.54, 1.807) is 18.9 Å². The van der Waals surface area contributed by atoms with E-state index in [-0.39, 0.29) is 11.9 Å². The molecule has 0 aromatic heterocycles. The molecule has 1 unspecified atom stereocenters. The fourth-order valence-electron chi connectivity index (χ4n) is 3.27. The maximum absolute atomic E-state index is 12.5. The highest BCUT2D eigenvalue weighted by Crippen LogP contribution is 2.20. The van der Waals surface area contributed by atoms with Crippen LogP contribution >= 0.6 is 11.6 Å². The number of nitrogens with one attached hydrogen (secondary N) is 2. The summed E-state index contributed by atoms with van der Waals surface area (Å²) in [7, 11) is 1.61. The second kappa shape index (κ2) is 10.2. The van der Waals surface area contributed by atoms with Crippen molar-refractivity contribution in [3.05, 3.63) is 59.1 Å². The van der Waals surface area contributed by atoms with Crippen LogP contribution in [0.15, 0.2) is 48.5 Å². The SMILES string of the molecule is COc1ccc(CNC(=O)C(C)NC(=O)N2CCN(c3cccc(Cl)c3)CC2)cc1. The number of urea groups is 1. The van der Waals surface area contributed by atoms with E-state index in [1.807, 2.05) is 48.5 Å². The number of carbonyl (C=O) groups is 2. The minimum Gasteiger partial charge on any atom is -0.497 e. The molecule has 30 heavy (non-hydrogen) atoms. The number of anilines is 1. The third kappa shape index (κ3) is 5.79. The first-order chi connectivity index (χ1) is 14.5. The number of hydrogen-bond donors (Lipinski definition) is 2. The van der Waals surface area contributed by atoms with Gasteiger partial charge in [0.25, 0.3) is 0 Å². The molecule has 1 fully saturated rings. The average molecular weight is 431 g/mol. The molecule has 2 aromatic rings. The van der Waals surface area contributed by atoms with E-state index in [0.717, 1.165) is 17.0 Å². The molecular formula is C22H27ClN4O3. The maximum atomic E-state index is 12.5. The molecule has 8 heteroatoms. The van der Waals surface area contributed by atoms with Gasteiger partial charge >= 0.3 is 6.03 Å². The van der Waals surface area contributed by atoms with Gasteiger partial charge in [0.15, 0.2) is 0 Å². The van der Waals surface area contributed by atoms with Crippen molar-refractivity contribution in [3.8, 4) is 5.75 Å². The van der Waals surface area contributed by atoms with Gasteiger partial charge in [-0.05, 0) is 42.8 Å². The van der Waals surface area contributed by atoms with Gasteiger partial charge in [-0.15, -0.1) is 0 Å². The standard InChI is InChI=1S/C22H27ClN4O3/c1-16(21(28)24-15-17-6-8-20(30-2)9-7-17)25-22(29)27-12-10-26(11-13-27)19-5-3-4-18(23)14-19/h3-9,14,16H,10-13,15H2,1-2H3,(H,24,28)(H,25,29). The lowest BCUT2D eigenvalue weighted by molar-refractivity contribution is -0.122. The summed E-state index contributed by atoms with van der Waals surface area (Å²) in [5, 5.41) is 6.32. The molecule has 7 nitrogen and oxygen atoms in total. The molecule has 2 N–H and O–H groups in total. The molecule has 0 aliphatic carbocycles. The van der Waals surface area contributed by atoms with Crippen molar-refractivity contribution in [2.24, 2.45) is 0 Å². The highest BCUT2D eigenvalue weighted by atomic mass is 35.5. The molecule has 3 amide bonds. The van der Waals surface area contributed by atoms with E-state index in [4.69, 9.17) is 16.3 Å². The number of ether oxygens (including phenoxy) is 1. The Hall–Kier alpha value is -2.93. The smallest absolute Gasteiger partial charge is 0.318 e. The number of halogens is 1. The first kappa shape index (κ1) is 21.8. The van der Waals surface area contributed by atoms with E-state index in [1.165, 1.54) is 0 Å². The van der Waals surface area contributed by atoms with Crippen LogP contribution in [0.2, 0.25) is 5.02 Å². The number of rotatable bonds is 6. The predicted molar refractivity (Wildman–Crippen MR) is 118 cm³/mol. The van der Waals surface area contributed by atoms with Gasteiger partial charge in [-0.25, -0.2) is 4.79 Å². The Morgan fingerprint density at radius 1 is 1.10 bits per heavy atom. The zero-order valence-electron chi connectivity index (χ0n) is 17.2. The van der Waals surface area contributed by atoms with Crippen LogP contribution in [-0.4, -0.2) is 56.2 Å². The summed E-state index contributed by atoms with van der Waals surface area (Å²) < 4.78 is 5.12. The van der Waals surface area contributed by atoms with Crippen molar-refractivity contribution in [2.45, 2.75) is 19.5 Å². The molecule has 0 saturated carbocycles. The van der Waals surface area contributed by atoms with Crippen molar-refractivity contribution < 1.29 is 14.3 Å². The molecule has 1 heterocycles. The second-order valence-corrected chi connectivity index (χ2v) is 7.63. The van der Waals surface area contributed by atoms with E-state index >= 15 is 0 Å². The fraction of sp³-hybridized carbons (Fsp3) is 0.364. The van der Waals surface area contributed by atoms with Gasteiger partial charge in [-0.1, -0.05) is 29.8 Å². The van der Waals surface area contributed by atoms with Gasteiger partial charge in [-0.2, -0.15) is 0 Å². The molecule has 1 aliphatic rings. The van der Waals surface area contributed by atoms with Gasteiger partial charge in [0, 0.05) is 43.4 Å². The summed E-state index contributed by atoms with van der Waals surface area (Å²) >= 11 is 6.06. The zero-order valence-corrected chi connectivity index (χ0v) is 18.0. The largest absolute Gasteiger partial charge is 0.497 e. The van der Waals surface area contributed by atoms with Gasteiger partial charge in [0.2, 0.25) is 5.91 Å². The number of amides is 3. The molecular weight excluding hydrogens is 404 g/mol. The molecule has 160 valence electrons. The normalized spacial score (nSPS) is 14.8. The first-order valence-electron chi connectivity index (χ1n) is 9.93. The Labute approximate surface area is 181 Å². The number of methoxy groups -OCH3 is 1. The van der Waals surface area contributed by atoms with Crippen LogP contribution < -0.4 is 20.3 Å². The van der Waals surface area contributed by atoms with Crippen LogP contribution in [0.1, 0.15) is 12.5 Å². The van der Waals surface area contributed by atoms with Gasteiger partial charge in [0.1, 0.15) is 11.8 Å². The summed E-state index contributed by atoms with van der Waals surface area (Å²) in [6.07, 6.45) is 0. The van der Waals surface area contributed by atoms with E-state index < -0.39 is 6.04 Å². The monoisotopic (exact) mass is 430 g/mol. The van der Waals surface area contributed by atoms with Crippen LogP contribution in [0.25, 0.3) is 0 Å². The number of piperazine rings is 1. The average Bonchev–Trinajstić information content (AvgIpc) is 2.77. The van der Waals surface area contributed by atoms with E-state index in [2.05, 4.69) is 15.5 Å². The van der Waals surface area contributed by atoms with Gasteiger partial charge in [-0.3, -0.25) is 4.79 Å². The highest BCUT2D eigenvalue weighted by molar-refractivity contribution is 6.30. The quantitative estimate of drug-likeness (QED) is 0.739. The summed E-state index contributed by atoms with van der Waals surface area (Å²) in [4.78, 5) is 28.8. The molecule has 3 rings (SSSR count). The fourth-order valence-corrected chi connectivity index (χ4v) is 3.45. The Morgan fingerprint density at radius 3 is 2.43 bits per heavy atom. The van der Waals surface area contributed by atoms with Crippen molar-refractivity contribution in [1.29, 1.82) is 0 Å². The minimum absolute atomic E-state index is 0.225. The molecule has 0 radical (unpaired) electrons. The second-order valence-electron chi connectivity index (χ2n) is 7.19. The molecule has 1 aliphatic heterocycles. The van der Waals surface area contributed by atoms with Gasteiger partial charge in [0.05, 0.1) is 7.11 Å². The van der Waals surface area contributed by atoms with Crippen molar-refractivity contribution in [2.75, 3.05) is 38.2 Å². The summed E-state index contributed by atoms with van der Waals surface area (Å²) in [5.74, 6) is 0.540. The summed E-state index contributed by atoms with van der Waals surface area (Å²) in [5.41, 5.74) is 2.01. The molecule has 1 saturated heterocycles. The van der Waals surface area contributed by atoms with Crippen LogP contribution in [-0.2, 0) is 11.3 Å². The third-order valence-corrected chi connectivity index (χ3v) is 5.33. The molecule has 2 aromatic carbocycles. The predicted octanol–water partition coefficient (Wildman–Crippen LogP) is 2.89. The van der Waals surface area contributed by atoms with Crippen molar-refractivity contribution >= 4 is 29.2 Å². The zero-order chi connectivity index (χ0) is 21.5. The minimum atomic E-state index is -0.623. The number of carbonyl (C=O) groups excluding carboxylic acids is 2. The Kier molecular flexibility index (Phi) is 7.41. The number of benzene rings is 2. The molecule has 1 atom stereocenters. The Morgan fingerprint density at radius 2 is 1.80 bits per heavy atom. The van der Waals surface area contributed by atoms with Crippen molar-refractivity contribution in [3.63, 3.8) is 0 Å². The topological polar surface area (TPSA) is 73.9 Å². The lowest BCUT2D eigenvalue weighted by Crippen LogP contribution is -2.55. The maximum Gasteiger partial charge on any atom is 0.318 e. The van der Waals surface area contributed by atoms with Crippen LogP contribution in [0.4, 0.5) is 10.5 Å². The third-order valence-electron chi connectivity index (χ3n) is 5.10. The van der Waals surface area contributed by atoms with Crippen LogP contribution in [0.3, 0.4) is 0 Å².